The summed E-state index contributed by atoms with van der Waals surface area (Å²) in [5, 5.41) is 3.38. The molecular formula is C17H19NO. The van der Waals surface area contributed by atoms with Crippen LogP contribution in [0.1, 0.15) is 29.3 Å². The maximum atomic E-state index is 12.0. The topological polar surface area (TPSA) is 29.1 Å². The first-order valence-corrected chi connectivity index (χ1v) is 6.61. The van der Waals surface area contributed by atoms with E-state index in [2.05, 4.69) is 17.4 Å². The summed E-state index contributed by atoms with van der Waals surface area (Å²) in [7, 11) is 0. The van der Waals surface area contributed by atoms with Gasteiger partial charge >= 0.3 is 0 Å². The Morgan fingerprint density at radius 2 is 1.58 bits per heavy atom. The third-order valence-corrected chi connectivity index (χ3v) is 3.08. The van der Waals surface area contributed by atoms with Gasteiger partial charge in [0.1, 0.15) is 0 Å². The molecule has 0 saturated heterocycles. The lowest BCUT2D eigenvalue weighted by Crippen LogP contribution is -2.28. The van der Waals surface area contributed by atoms with Gasteiger partial charge < -0.3 is 5.32 Å². The summed E-state index contributed by atoms with van der Waals surface area (Å²) in [6, 6.07) is 19.8. The molecule has 2 aromatic carbocycles. The van der Waals surface area contributed by atoms with Gasteiger partial charge in [-0.15, -0.1) is 0 Å². The molecule has 2 heteroatoms. The third kappa shape index (κ3) is 4.34. The zero-order valence-corrected chi connectivity index (χ0v) is 11.2. The molecule has 2 aromatic rings. The maximum absolute atomic E-state index is 12.0. The second-order valence-electron chi connectivity index (χ2n) is 4.76. The highest BCUT2D eigenvalue weighted by Crippen LogP contribution is 2.06. The second-order valence-corrected chi connectivity index (χ2v) is 4.76. The molecule has 0 aliphatic carbocycles. The van der Waals surface area contributed by atoms with Gasteiger partial charge in [-0.1, -0.05) is 60.7 Å². The van der Waals surface area contributed by atoms with Gasteiger partial charge in [0.15, 0.2) is 5.78 Å². The molecule has 0 aliphatic heterocycles. The summed E-state index contributed by atoms with van der Waals surface area (Å²) >= 11 is 0. The minimum atomic E-state index is 0.174. The number of carbonyl (C=O) groups excluding carboxylic acids is 1. The fraction of sp³-hybridized carbons (Fsp3) is 0.235. The van der Waals surface area contributed by atoms with Crippen LogP contribution in [0.3, 0.4) is 0 Å². The van der Waals surface area contributed by atoms with E-state index in [0.717, 1.165) is 12.1 Å². The normalized spacial score (nSPS) is 12.1. The van der Waals surface area contributed by atoms with Gasteiger partial charge in [0.05, 0.1) is 0 Å². The van der Waals surface area contributed by atoms with E-state index in [-0.39, 0.29) is 11.8 Å². The zero-order chi connectivity index (χ0) is 13.5. The number of hydrogen-bond donors (Lipinski definition) is 1. The largest absolute Gasteiger partial charge is 0.310 e. The van der Waals surface area contributed by atoms with Crippen molar-refractivity contribution < 1.29 is 4.79 Å². The molecule has 0 heterocycles. The number of carbonyl (C=O) groups is 1. The minimum Gasteiger partial charge on any atom is -0.310 e. The van der Waals surface area contributed by atoms with Gasteiger partial charge in [-0.2, -0.15) is 0 Å². The highest BCUT2D eigenvalue weighted by atomic mass is 16.1. The highest BCUT2D eigenvalue weighted by Gasteiger charge is 2.10. The van der Waals surface area contributed by atoms with Gasteiger partial charge in [-0.25, -0.2) is 0 Å². The molecule has 0 spiro atoms. The first-order chi connectivity index (χ1) is 9.25. The van der Waals surface area contributed by atoms with Gasteiger partial charge in [0.2, 0.25) is 0 Å². The van der Waals surface area contributed by atoms with Crippen molar-refractivity contribution in [2.75, 3.05) is 0 Å². The van der Waals surface area contributed by atoms with Crippen molar-refractivity contribution in [3.8, 4) is 0 Å². The van der Waals surface area contributed by atoms with Crippen LogP contribution < -0.4 is 5.32 Å². The molecule has 1 unspecified atom stereocenters. The summed E-state index contributed by atoms with van der Waals surface area (Å²) in [6.07, 6.45) is 0.525. The van der Waals surface area contributed by atoms with Crippen LogP contribution in [-0.2, 0) is 6.54 Å². The molecule has 0 aromatic heterocycles. The highest BCUT2D eigenvalue weighted by molar-refractivity contribution is 5.96. The predicted octanol–water partition coefficient (Wildman–Crippen LogP) is 3.44. The molecule has 0 fully saturated rings. The molecule has 1 N–H and O–H groups in total. The molecule has 0 saturated carbocycles. The molecule has 19 heavy (non-hydrogen) atoms. The fourth-order valence-corrected chi connectivity index (χ4v) is 1.98. The Labute approximate surface area is 114 Å². The molecule has 0 bridgehead atoms. The van der Waals surface area contributed by atoms with E-state index in [1.807, 2.05) is 55.5 Å². The van der Waals surface area contributed by atoms with Crippen LogP contribution >= 0.6 is 0 Å². The number of Topliss-reactive ketones (excluding diaryl/α,β-unsaturated/α-hetero) is 1. The average molecular weight is 253 g/mol. The van der Waals surface area contributed by atoms with Crippen molar-refractivity contribution in [2.45, 2.75) is 25.9 Å². The Morgan fingerprint density at radius 3 is 2.21 bits per heavy atom. The molecule has 0 amide bonds. The Kier molecular flexibility index (Phi) is 4.87. The summed E-state index contributed by atoms with van der Waals surface area (Å²) in [4.78, 5) is 12.0. The standard InChI is InChI=1S/C17H19NO/c1-14(18-13-15-8-4-2-5-9-15)12-17(19)16-10-6-3-7-11-16/h2-11,14,18H,12-13H2,1H3. The van der Waals surface area contributed by atoms with Crippen molar-refractivity contribution in [1.29, 1.82) is 0 Å². The summed E-state index contributed by atoms with van der Waals surface area (Å²) < 4.78 is 0. The second kappa shape index (κ2) is 6.86. The minimum absolute atomic E-state index is 0.174. The fourth-order valence-electron chi connectivity index (χ4n) is 1.98. The van der Waals surface area contributed by atoms with E-state index in [4.69, 9.17) is 0 Å². The number of ketones is 1. The molecule has 0 radical (unpaired) electrons. The Balaban J connectivity index is 1.81. The lowest BCUT2D eigenvalue weighted by molar-refractivity contribution is 0.0971. The first-order valence-electron chi connectivity index (χ1n) is 6.61. The van der Waals surface area contributed by atoms with Crippen LogP contribution in [0.4, 0.5) is 0 Å². The molecule has 1 atom stereocenters. The first kappa shape index (κ1) is 13.5. The van der Waals surface area contributed by atoms with E-state index in [9.17, 15) is 4.79 Å². The van der Waals surface area contributed by atoms with E-state index in [0.29, 0.717) is 6.42 Å². The van der Waals surface area contributed by atoms with E-state index in [1.54, 1.807) is 0 Å². The van der Waals surface area contributed by atoms with Gasteiger partial charge in [0.25, 0.3) is 0 Å². The molecule has 0 aliphatic rings. The predicted molar refractivity (Wildman–Crippen MR) is 78.1 cm³/mol. The Hall–Kier alpha value is -1.93. The maximum Gasteiger partial charge on any atom is 0.164 e. The van der Waals surface area contributed by atoms with E-state index >= 15 is 0 Å². The summed E-state index contributed by atoms with van der Waals surface area (Å²) in [5.41, 5.74) is 2.03. The van der Waals surface area contributed by atoms with Crippen LogP contribution in [0.15, 0.2) is 60.7 Å². The molecular weight excluding hydrogens is 234 g/mol. The van der Waals surface area contributed by atoms with Crippen molar-refractivity contribution >= 4 is 5.78 Å². The van der Waals surface area contributed by atoms with Crippen LogP contribution in [0.2, 0.25) is 0 Å². The molecule has 2 nitrogen and oxygen atoms in total. The summed E-state index contributed by atoms with van der Waals surface area (Å²) in [6.45, 7) is 2.84. The number of hydrogen-bond acceptors (Lipinski definition) is 2. The number of benzene rings is 2. The Bertz CT molecular complexity index is 507. The third-order valence-electron chi connectivity index (χ3n) is 3.08. The van der Waals surface area contributed by atoms with Crippen molar-refractivity contribution in [3.05, 3.63) is 71.8 Å². The summed E-state index contributed by atoms with van der Waals surface area (Å²) in [5.74, 6) is 0.189. The monoisotopic (exact) mass is 253 g/mol. The smallest absolute Gasteiger partial charge is 0.164 e. The van der Waals surface area contributed by atoms with Crippen molar-refractivity contribution in [3.63, 3.8) is 0 Å². The van der Waals surface area contributed by atoms with E-state index < -0.39 is 0 Å². The van der Waals surface area contributed by atoms with Crippen LogP contribution in [0.5, 0.6) is 0 Å². The number of nitrogens with one attached hydrogen (secondary N) is 1. The van der Waals surface area contributed by atoms with Crippen LogP contribution in [-0.4, -0.2) is 11.8 Å². The van der Waals surface area contributed by atoms with Crippen molar-refractivity contribution in [2.24, 2.45) is 0 Å². The van der Waals surface area contributed by atoms with Gasteiger partial charge in [0, 0.05) is 24.6 Å². The average Bonchev–Trinajstić information content (AvgIpc) is 2.47. The number of rotatable bonds is 6. The van der Waals surface area contributed by atoms with Crippen LogP contribution in [0.25, 0.3) is 0 Å². The Morgan fingerprint density at radius 1 is 1.00 bits per heavy atom. The quantitative estimate of drug-likeness (QED) is 0.799. The molecule has 98 valence electrons. The van der Waals surface area contributed by atoms with E-state index in [1.165, 1.54) is 5.56 Å². The van der Waals surface area contributed by atoms with Crippen molar-refractivity contribution in [1.82, 2.24) is 5.32 Å². The lowest BCUT2D eigenvalue weighted by atomic mass is 10.0. The zero-order valence-electron chi connectivity index (χ0n) is 11.2. The van der Waals surface area contributed by atoms with Crippen LogP contribution in [0, 0.1) is 0 Å². The SMILES string of the molecule is CC(CC(=O)c1ccccc1)NCc1ccccc1. The molecule has 2 rings (SSSR count). The van der Waals surface area contributed by atoms with Gasteiger partial charge in [-0.3, -0.25) is 4.79 Å². The van der Waals surface area contributed by atoms with Gasteiger partial charge in [-0.05, 0) is 12.5 Å². The lowest BCUT2D eigenvalue weighted by Gasteiger charge is -2.13.